The molecule has 2 heterocycles. The van der Waals surface area contributed by atoms with Crippen molar-refractivity contribution in [3.8, 4) is 0 Å². The maximum absolute atomic E-state index is 12.5. The Balaban J connectivity index is 1.18. The van der Waals surface area contributed by atoms with Crippen molar-refractivity contribution in [1.82, 2.24) is 4.90 Å². The minimum atomic E-state index is -0.200. The van der Waals surface area contributed by atoms with Crippen LogP contribution in [0.1, 0.15) is 39.1 Å². The molecule has 144 valence electrons. The Morgan fingerprint density at radius 1 is 0.929 bits per heavy atom. The van der Waals surface area contributed by atoms with Crippen molar-refractivity contribution in [2.24, 2.45) is 0 Å². The fourth-order valence-corrected chi connectivity index (χ4v) is 4.62. The lowest BCUT2D eigenvalue weighted by Crippen LogP contribution is -2.31. The maximum atomic E-state index is 12.5. The zero-order valence-electron chi connectivity index (χ0n) is 15.6. The van der Waals surface area contributed by atoms with Crippen LogP contribution in [0.2, 0.25) is 0 Å². The van der Waals surface area contributed by atoms with Gasteiger partial charge in [0.25, 0.3) is 11.8 Å². The summed E-state index contributed by atoms with van der Waals surface area (Å²) in [4.78, 5) is 40.3. The summed E-state index contributed by atoms with van der Waals surface area (Å²) in [6.45, 7) is 1.19. The van der Waals surface area contributed by atoms with Crippen LogP contribution in [0.3, 0.4) is 0 Å². The third kappa shape index (κ3) is 3.56. The molecule has 0 N–H and O–H groups in total. The van der Waals surface area contributed by atoms with Gasteiger partial charge in [0.2, 0.25) is 5.91 Å². The van der Waals surface area contributed by atoms with Crippen LogP contribution in [0.25, 0.3) is 0 Å². The van der Waals surface area contributed by atoms with Gasteiger partial charge in [0.05, 0.1) is 11.1 Å². The normalized spacial score (nSPS) is 15.1. The summed E-state index contributed by atoms with van der Waals surface area (Å²) in [5.41, 5.74) is 3.28. The van der Waals surface area contributed by atoms with Gasteiger partial charge in [-0.05, 0) is 42.4 Å². The first kappa shape index (κ1) is 18.7. The van der Waals surface area contributed by atoms with E-state index in [1.807, 2.05) is 23.1 Å². The summed E-state index contributed by atoms with van der Waals surface area (Å²) >= 11 is 1.69. The quantitative estimate of drug-likeness (QED) is 0.534. The number of rotatable bonds is 7. The average Bonchev–Trinajstić information content (AvgIpc) is 3.25. The first-order valence-corrected chi connectivity index (χ1v) is 10.7. The molecule has 0 saturated heterocycles. The van der Waals surface area contributed by atoms with E-state index in [0.29, 0.717) is 24.1 Å². The van der Waals surface area contributed by atoms with Crippen LogP contribution < -0.4 is 4.90 Å². The van der Waals surface area contributed by atoms with Gasteiger partial charge in [0.15, 0.2) is 0 Å². The Bertz CT molecular complexity index is 893. The number of carbonyl (C=O) groups excluding carboxylic acids is 3. The molecule has 0 spiro atoms. The molecule has 0 atom stereocenters. The van der Waals surface area contributed by atoms with Crippen molar-refractivity contribution >= 4 is 35.2 Å². The molecule has 0 fully saturated rings. The van der Waals surface area contributed by atoms with E-state index in [9.17, 15) is 14.4 Å². The highest BCUT2D eigenvalue weighted by atomic mass is 32.2. The fraction of sp³-hybridized carbons (Fsp3) is 0.318. The largest absolute Gasteiger partial charge is 0.312 e. The van der Waals surface area contributed by atoms with Gasteiger partial charge in [-0.15, -0.1) is 0 Å². The lowest BCUT2D eigenvalue weighted by molar-refractivity contribution is -0.118. The van der Waals surface area contributed by atoms with Crippen LogP contribution in [0.4, 0.5) is 5.69 Å². The molecular weight excluding hydrogens is 372 g/mol. The molecule has 0 aromatic heterocycles. The molecule has 0 saturated carbocycles. The smallest absolute Gasteiger partial charge is 0.261 e. The molecule has 2 aliphatic rings. The Labute approximate surface area is 168 Å². The molecule has 28 heavy (non-hydrogen) atoms. The third-order valence-electron chi connectivity index (χ3n) is 5.20. The van der Waals surface area contributed by atoms with Crippen LogP contribution >= 0.6 is 11.8 Å². The van der Waals surface area contributed by atoms with Gasteiger partial charge in [-0.1, -0.05) is 30.3 Å². The number of hydrogen-bond donors (Lipinski definition) is 0. The standard InChI is InChI=1S/C22H22N2O3S/c25-20(23-13-10-16-6-1-4-9-19(16)23)11-15-28-14-5-12-24-21(26)17-7-2-3-8-18(17)22(24)27/h1-4,6-9H,5,10-15H2. The molecule has 4 rings (SSSR count). The molecule has 6 heteroatoms. The molecule has 2 aromatic carbocycles. The molecule has 5 nitrogen and oxygen atoms in total. The zero-order chi connectivity index (χ0) is 19.5. The minimum absolute atomic E-state index is 0.165. The van der Waals surface area contributed by atoms with Gasteiger partial charge in [0, 0.05) is 31.0 Å². The molecular formula is C22H22N2O3S. The molecule has 0 radical (unpaired) electrons. The van der Waals surface area contributed by atoms with Crippen LogP contribution in [-0.4, -0.2) is 47.2 Å². The number of para-hydroxylation sites is 1. The molecule has 0 bridgehead atoms. The topological polar surface area (TPSA) is 57.7 Å². The number of fused-ring (bicyclic) bond motifs is 2. The number of imide groups is 1. The van der Waals surface area contributed by atoms with Crippen molar-refractivity contribution in [3.63, 3.8) is 0 Å². The van der Waals surface area contributed by atoms with E-state index >= 15 is 0 Å². The Morgan fingerprint density at radius 2 is 1.61 bits per heavy atom. The lowest BCUT2D eigenvalue weighted by Gasteiger charge is -2.17. The first-order chi connectivity index (χ1) is 13.7. The number of benzene rings is 2. The van der Waals surface area contributed by atoms with E-state index in [4.69, 9.17) is 0 Å². The summed E-state index contributed by atoms with van der Waals surface area (Å²) in [7, 11) is 0. The number of hydrogen-bond acceptors (Lipinski definition) is 4. The zero-order valence-corrected chi connectivity index (χ0v) is 16.4. The summed E-state index contributed by atoms with van der Waals surface area (Å²) < 4.78 is 0. The summed E-state index contributed by atoms with van der Waals surface area (Å²) in [5.74, 6) is 1.33. The van der Waals surface area contributed by atoms with Crippen molar-refractivity contribution < 1.29 is 14.4 Å². The number of thioether (sulfide) groups is 1. The lowest BCUT2D eigenvalue weighted by atomic mass is 10.1. The summed E-state index contributed by atoms with van der Waals surface area (Å²) in [5, 5.41) is 0. The van der Waals surface area contributed by atoms with E-state index in [1.54, 1.807) is 36.0 Å². The highest BCUT2D eigenvalue weighted by molar-refractivity contribution is 7.99. The fourth-order valence-electron chi connectivity index (χ4n) is 3.76. The molecule has 2 aliphatic heterocycles. The second-order valence-corrected chi connectivity index (χ2v) is 8.17. The third-order valence-corrected chi connectivity index (χ3v) is 6.27. The van der Waals surface area contributed by atoms with Crippen LogP contribution in [0.5, 0.6) is 0 Å². The SMILES string of the molecule is O=C1c2ccccc2C(=O)N1CCCSCCC(=O)N1CCc2ccccc21. The van der Waals surface area contributed by atoms with Crippen molar-refractivity contribution in [3.05, 3.63) is 65.2 Å². The average molecular weight is 394 g/mol. The Morgan fingerprint density at radius 3 is 2.36 bits per heavy atom. The van der Waals surface area contributed by atoms with E-state index in [0.717, 1.165) is 36.6 Å². The number of nitrogens with zero attached hydrogens (tertiary/aromatic N) is 2. The predicted octanol–water partition coefficient (Wildman–Crippen LogP) is 3.39. The van der Waals surface area contributed by atoms with Gasteiger partial charge < -0.3 is 4.90 Å². The highest BCUT2D eigenvalue weighted by Gasteiger charge is 2.34. The molecule has 0 unspecified atom stereocenters. The monoisotopic (exact) mass is 394 g/mol. The second kappa shape index (κ2) is 8.19. The summed E-state index contributed by atoms with van der Waals surface area (Å²) in [6.07, 6.45) is 2.16. The number of carbonyl (C=O) groups is 3. The molecule has 3 amide bonds. The Kier molecular flexibility index (Phi) is 5.48. The minimum Gasteiger partial charge on any atom is -0.312 e. The predicted molar refractivity (Wildman–Crippen MR) is 111 cm³/mol. The second-order valence-electron chi connectivity index (χ2n) is 6.95. The molecule has 0 aliphatic carbocycles. The highest BCUT2D eigenvalue weighted by Crippen LogP contribution is 2.28. The van der Waals surface area contributed by atoms with Crippen molar-refractivity contribution in [2.45, 2.75) is 19.3 Å². The van der Waals surface area contributed by atoms with E-state index in [2.05, 4.69) is 6.07 Å². The Hall–Kier alpha value is -2.60. The number of anilines is 1. The summed E-state index contributed by atoms with van der Waals surface area (Å²) in [6, 6.07) is 15.0. The van der Waals surface area contributed by atoms with Crippen LogP contribution in [0.15, 0.2) is 48.5 Å². The van der Waals surface area contributed by atoms with Crippen molar-refractivity contribution in [1.29, 1.82) is 0 Å². The van der Waals surface area contributed by atoms with Gasteiger partial charge >= 0.3 is 0 Å². The van der Waals surface area contributed by atoms with Crippen LogP contribution in [0, 0.1) is 0 Å². The van der Waals surface area contributed by atoms with E-state index < -0.39 is 0 Å². The van der Waals surface area contributed by atoms with E-state index in [-0.39, 0.29) is 17.7 Å². The van der Waals surface area contributed by atoms with Gasteiger partial charge in [-0.3, -0.25) is 19.3 Å². The maximum Gasteiger partial charge on any atom is 0.261 e. The van der Waals surface area contributed by atoms with Gasteiger partial charge in [0.1, 0.15) is 0 Å². The number of amides is 3. The van der Waals surface area contributed by atoms with Crippen molar-refractivity contribution in [2.75, 3.05) is 29.5 Å². The van der Waals surface area contributed by atoms with Gasteiger partial charge in [-0.25, -0.2) is 0 Å². The van der Waals surface area contributed by atoms with E-state index in [1.165, 1.54) is 10.5 Å². The molecule has 2 aromatic rings. The van der Waals surface area contributed by atoms with Gasteiger partial charge in [-0.2, -0.15) is 11.8 Å². The van der Waals surface area contributed by atoms with Crippen LogP contribution in [-0.2, 0) is 11.2 Å². The first-order valence-electron chi connectivity index (χ1n) is 9.58.